The Bertz CT molecular complexity index is 1220. The van der Waals surface area contributed by atoms with Crippen molar-refractivity contribution in [1.29, 1.82) is 0 Å². The number of carboxylic acids is 1. The molecule has 0 amide bonds. The van der Waals surface area contributed by atoms with Crippen molar-refractivity contribution in [2.75, 3.05) is 10.8 Å². The van der Waals surface area contributed by atoms with Gasteiger partial charge in [0.05, 0.1) is 16.5 Å². The molecule has 5 nitrogen and oxygen atoms in total. The lowest BCUT2D eigenvalue weighted by Crippen LogP contribution is -2.34. The van der Waals surface area contributed by atoms with Crippen molar-refractivity contribution in [3.05, 3.63) is 58.3 Å². The van der Waals surface area contributed by atoms with E-state index < -0.39 is 51.4 Å². The number of carboxylic acid groups (broad SMARTS) is 1. The smallest absolute Gasteiger partial charge is 0.390 e. The molecule has 0 aliphatic heterocycles. The molecule has 0 fully saturated rings. The van der Waals surface area contributed by atoms with Crippen LogP contribution in [0.25, 0.3) is 10.1 Å². The van der Waals surface area contributed by atoms with E-state index in [1.54, 1.807) is 24.3 Å². The van der Waals surface area contributed by atoms with Crippen LogP contribution in [0.3, 0.4) is 0 Å². The summed E-state index contributed by atoms with van der Waals surface area (Å²) < 4.78 is 80.7. The SMILES string of the molecule is O=C(O)c1ccc(S(=O)(=O)N(CCC(F)(F)F)c2sc3ccccc3c2Br)c(F)c1. The van der Waals surface area contributed by atoms with Gasteiger partial charge < -0.3 is 5.11 Å². The van der Waals surface area contributed by atoms with Crippen molar-refractivity contribution in [3.63, 3.8) is 0 Å². The minimum Gasteiger partial charge on any atom is -0.478 e. The van der Waals surface area contributed by atoms with Crippen molar-refractivity contribution in [1.82, 2.24) is 0 Å². The zero-order chi connectivity index (χ0) is 22.3. The van der Waals surface area contributed by atoms with E-state index in [1.807, 2.05) is 0 Å². The van der Waals surface area contributed by atoms with E-state index in [4.69, 9.17) is 5.11 Å². The lowest BCUT2D eigenvalue weighted by atomic mass is 10.2. The van der Waals surface area contributed by atoms with Crippen molar-refractivity contribution >= 4 is 58.3 Å². The molecule has 0 unspecified atom stereocenters. The van der Waals surface area contributed by atoms with Gasteiger partial charge >= 0.3 is 12.1 Å². The number of aromatic carboxylic acids is 1. The summed E-state index contributed by atoms with van der Waals surface area (Å²) in [4.78, 5) is 10.1. The molecule has 0 bridgehead atoms. The highest BCUT2D eigenvalue weighted by atomic mass is 79.9. The van der Waals surface area contributed by atoms with Crippen LogP contribution in [0, 0.1) is 5.82 Å². The number of hydrogen-bond acceptors (Lipinski definition) is 4. The Kier molecular flexibility index (Phi) is 6.12. The molecule has 0 saturated carbocycles. The standard InChI is InChI=1S/C18H12BrF4NO4S2/c19-15-11-3-1-2-4-13(11)29-16(15)24(8-7-18(21,22)23)30(27,28)14-6-5-10(17(25)26)9-12(14)20/h1-6,9H,7-8H2,(H,25,26). The van der Waals surface area contributed by atoms with E-state index in [2.05, 4.69) is 15.9 Å². The molecule has 160 valence electrons. The van der Waals surface area contributed by atoms with Crippen LogP contribution >= 0.6 is 27.3 Å². The summed E-state index contributed by atoms with van der Waals surface area (Å²) in [6, 6.07) is 8.82. The largest absolute Gasteiger partial charge is 0.478 e. The first-order valence-electron chi connectivity index (χ1n) is 8.21. The first-order valence-corrected chi connectivity index (χ1v) is 11.3. The molecule has 1 aromatic heterocycles. The number of fused-ring (bicyclic) bond motifs is 1. The number of hydrogen-bond donors (Lipinski definition) is 1. The first kappa shape index (κ1) is 22.5. The van der Waals surface area contributed by atoms with Gasteiger partial charge in [0.25, 0.3) is 10.0 Å². The Balaban J connectivity index is 2.16. The molecule has 2 aromatic carbocycles. The summed E-state index contributed by atoms with van der Waals surface area (Å²) in [6.45, 7) is -0.975. The molecule has 0 saturated heterocycles. The van der Waals surface area contributed by atoms with Crippen molar-refractivity contribution < 1.29 is 35.9 Å². The van der Waals surface area contributed by atoms with Crippen LogP contribution < -0.4 is 4.31 Å². The molecule has 0 atom stereocenters. The fraction of sp³-hybridized carbons (Fsp3) is 0.167. The molecule has 0 radical (unpaired) electrons. The van der Waals surface area contributed by atoms with Gasteiger partial charge in [-0.2, -0.15) is 13.2 Å². The maximum Gasteiger partial charge on any atom is 0.390 e. The van der Waals surface area contributed by atoms with Gasteiger partial charge in [-0.1, -0.05) is 18.2 Å². The number of benzene rings is 2. The third-order valence-electron chi connectivity index (χ3n) is 4.09. The minimum absolute atomic E-state index is 0.0397. The summed E-state index contributed by atoms with van der Waals surface area (Å²) in [5, 5.41) is 9.47. The molecule has 1 N–H and O–H groups in total. The summed E-state index contributed by atoms with van der Waals surface area (Å²) in [6.07, 6.45) is -6.11. The number of anilines is 1. The average Bonchev–Trinajstić information content (AvgIpc) is 2.97. The lowest BCUT2D eigenvalue weighted by molar-refractivity contribution is -0.131. The molecule has 0 aliphatic carbocycles. The number of thiophene rings is 1. The van der Waals surface area contributed by atoms with Crippen molar-refractivity contribution in [2.45, 2.75) is 17.5 Å². The zero-order valence-corrected chi connectivity index (χ0v) is 18.0. The van der Waals surface area contributed by atoms with E-state index in [-0.39, 0.29) is 9.47 Å². The second-order valence-corrected chi connectivity index (χ2v) is 9.76. The van der Waals surface area contributed by atoms with Gasteiger partial charge in [0.15, 0.2) is 0 Å². The number of nitrogens with zero attached hydrogens (tertiary/aromatic N) is 1. The number of alkyl halides is 3. The van der Waals surface area contributed by atoms with E-state index in [9.17, 15) is 30.8 Å². The molecule has 30 heavy (non-hydrogen) atoms. The topological polar surface area (TPSA) is 74.7 Å². The summed E-state index contributed by atoms with van der Waals surface area (Å²) in [5.74, 6) is -2.84. The summed E-state index contributed by atoms with van der Waals surface area (Å²) >= 11 is 4.17. The van der Waals surface area contributed by atoms with Crippen molar-refractivity contribution in [3.8, 4) is 0 Å². The molecule has 3 rings (SSSR count). The Morgan fingerprint density at radius 3 is 2.40 bits per heavy atom. The summed E-state index contributed by atoms with van der Waals surface area (Å²) in [7, 11) is -4.77. The number of halogens is 5. The van der Waals surface area contributed by atoms with Crippen LogP contribution in [0.15, 0.2) is 51.8 Å². The minimum atomic E-state index is -4.77. The van der Waals surface area contributed by atoms with E-state index >= 15 is 0 Å². The van der Waals surface area contributed by atoms with Crippen molar-refractivity contribution in [2.24, 2.45) is 0 Å². The number of rotatable bonds is 6. The van der Waals surface area contributed by atoms with Crippen LogP contribution in [0.2, 0.25) is 0 Å². The maximum atomic E-state index is 14.5. The van der Waals surface area contributed by atoms with Gasteiger partial charge in [-0.05, 0) is 40.2 Å². The summed E-state index contributed by atoms with van der Waals surface area (Å²) in [5.41, 5.74) is -0.490. The predicted octanol–water partition coefficient (Wildman–Crippen LogP) is 5.65. The second kappa shape index (κ2) is 8.16. The Morgan fingerprint density at radius 1 is 1.17 bits per heavy atom. The molecule has 1 heterocycles. The molecular weight excluding hydrogens is 514 g/mol. The monoisotopic (exact) mass is 525 g/mol. The van der Waals surface area contributed by atoms with Gasteiger partial charge in [-0.3, -0.25) is 4.31 Å². The highest BCUT2D eigenvalue weighted by Crippen LogP contribution is 2.44. The van der Waals surface area contributed by atoms with Crippen LogP contribution in [0.5, 0.6) is 0 Å². The van der Waals surface area contributed by atoms with E-state index in [0.29, 0.717) is 20.5 Å². The van der Waals surface area contributed by atoms with E-state index in [0.717, 1.165) is 23.5 Å². The Morgan fingerprint density at radius 2 is 1.83 bits per heavy atom. The van der Waals surface area contributed by atoms with Gasteiger partial charge in [-0.15, -0.1) is 11.3 Å². The fourth-order valence-corrected chi connectivity index (χ4v) is 6.59. The normalized spacial score (nSPS) is 12.3. The predicted molar refractivity (Wildman–Crippen MR) is 108 cm³/mol. The van der Waals surface area contributed by atoms with Crippen LogP contribution in [0.4, 0.5) is 22.6 Å². The molecule has 0 spiro atoms. The van der Waals surface area contributed by atoms with E-state index in [1.165, 1.54) is 0 Å². The quantitative estimate of drug-likeness (QED) is 0.422. The van der Waals surface area contributed by atoms with Gasteiger partial charge in [0.1, 0.15) is 15.7 Å². The number of sulfonamides is 1. The molecular formula is C18H12BrF4NO4S2. The van der Waals surface area contributed by atoms with Gasteiger partial charge in [-0.25, -0.2) is 17.6 Å². The molecule has 3 aromatic rings. The Hall–Kier alpha value is -2.18. The average molecular weight is 526 g/mol. The van der Waals surface area contributed by atoms with Gasteiger partial charge in [0.2, 0.25) is 0 Å². The first-order chi connectivity index (χ1) is 13.9. The third kappa shape index (κ3) is 4.44. The highest BCUT2D eigenvalue weighted by molar-refractivity contribution is 9.10. The molecule has 12 heteroatoms. The van der Waals surface area contributed by atoms with Crippen LogP contribution in [0.1, 0.15) is 16.8 Å². The van der Waals surface area contributed by atoms with Gasteiger partial charge in [0, 0.05) is 16.6 Å². The van der Waals surface area contributed by atoms with Crippen LogP contribution in [-0.4, -0.2) is 32.2 Å². The second-order valence-electron chi connectivity index (χ2n) is 6.11. The lowest BCUT2D eigenvalue weighted by Gasteiger charge is -2.24. The maximum absolute atomic E-state index is 14.5. The third-order valence-corrected chi connectivity index (χ3v) is 8.30. The van der Waals surface area contributed by atoms with Crippen LogP contribution in [-0.2, 0) is 10.0 Å². The number of carbonyl (C=O) groups is 1. The zero-order valence-electron chi connectivity index (χ0n) is 14.8. The highest BCUT2D eigenvalue weighted by Gasteiger charge is 2.35. The Labute approximate surface area is 180 Å². The molecule has 0 aliphatic rings. The fourth-order valence-electron chi connectivity index (χ4n) is 2.68.